The second-order valence-corrected chi connectivity index (χ2v) is 12.5. The molecule has 1 aromatic carbocycles. The zero-order valence-corrected chi connectivity index (χ0v) is 15.1. The van der Waals surface area contributed by atoms with Gasteiger partial charge in [0.1, 0.15) is 0 Å². The van der Waals surface area contributed by atoms with Gasteiger partial charge in [0.2, 0.25) is 0 Å². The molecule has 0 amide bonds. The van der Waals surface area contributed by atoms with Crippen molar-refractivity contribution in [3.8, 4) is 0 Å². The van der Waals surface area contributed by atoms with E-state index in [1.54, 1.807) is 5.19 Å². The van der Waals surface area contributed by atoms with Crippen LogP contribution in [0.25, 0.3) is 0 Å². The van der Waals surface area contributed by atoms with Gasteiger partial charge in [-0.25, -0.2) is 0 Å². The zero-order chi connectivity index (χ0) is 14.6. The van der Waals surface area contributed by atoms with Crippen molar-refractivity contribution in [3.05, 3.63) is 24.3 Å². The number of hydrogen-bond acceptors (Lipinski definition) is 2. The van der Waals surface area contributed by atoms with E-state index in [1.165, 1.54) is 0 Å². The van der Waals surface area contributed by atoms with E-state index in [1.807, 2.05) is 0 Å². The van der Waals surface area contributed by atoms with E-state index in [4.69, 9.17) is 0 Å². The van der Waals surface area contributed by atoms with Crippen molar-refractivity contribution < 1.29 is 0 Å². The largest absolute Gasteiger partial charge is 0.376 e. The van der Waals surface area contributed by atoms with Crippen LogP contribution in [0, 0.1) is 0 Å². The van der Waals surface area contributed by atoms with Gasteiger partial charge in [-0.15, -0.1) is 0 Å². The molecule has 0 aliphatic rings. The second-order valence-electron chi connectivity index (χ2n) is 6.31. The lowest BCUT2D eigenvalue weighted by molar-refractivity contribution is 0.835. The van der Waals surface area contributed by atoms with Crippen molar-refractivity contribution in [2.24, 2.45) is 0 Å². The molecule has 0 bridgehead atoms. The minimum Gasteiger partial charge on any atom is -0.376 e. The third-order valence-corrected chi connectivity index (χ3v) is 11.8. The Balaban J connectivity index is 3.25. The Kier molecular flexibility index (Phi) is 6.00. The summed E-state index contributed by atoms with van der Waals surface area (Å²) in [6.45, 7) is 14.5. The molecular weight excluding hydrogens is 266 g/mol. The number of thiol groups is 1. The molecule has 1 rings (SSSR count). The molecule has 0 aliphatic carbocycles. The van der Waals surface area contributed by atoms with E-state index in [0.717, 1.165) is 22.3 Å². The smallest absolute Gasteiger partial charge is 0.0942 e. The maximum atomic E-state index is 4.21. The standard InChI is InChI=1S/C16H29NSSi/c1-12(2)19(13(3)4,14(5)6)16-9-7-15(8-10-16)17-11-18/h7-10,12-14,17-18H,11H2,1-6H3. The molecule has 0 atom stereocenters. The Hall–Kier alpha value is -0.413. The van der Waals surface area contributed by atoms with Crippen LogP contribution in [0.4, 0.5) is 5.69 Å². The number of hydrogen-bond donors (Lipinski definition) is 2. The average Bonchev–Trinajstić information content (AvgIpc) is 2.31. The first kappa shape index (κ1) is 16.6. The third kappa shape index (κ3) is 3.19. The van der Waals surface area contributed by atoms with Crippen LogP contribution < -0.4 is 10.5 Å². The molecule has 1 N–H and O–H groups in total. The van der Waals surface area contributed by atoms with E-state index in [2.05, 4.69) is 83.8 Å². The molecule has 19 heavy (non-hydrogen) atoms. The van der Waals surface area contributed by atoms with Crippen molar-refractivity contribution in [3.63, 3.8) is 0 Å². The minimum atomic E-state index is -1.50. The molecule has 108 valence electrons. The van der Waals surface area contributed by atoms with Crippen LogP contribution in [0.1, 0.15) is 41.5 Å². The molecule has 0 saturated heterocycles. The van der Waals surface area contributed by atoms with Crippen LogP contribution in [0.15, 0.2) is 24.3 Å². The molecule has 1 nitrogen and oxygen atoms in total. The van der Waals surface area contributed by atoms with Crippen LogP contribution in [0.3, 0.4) is 0 Å². The Morgan fingerprint density at radius 1 is 0.895 bits per heavy atom. The van der Waals surface area contributed by atoms with Crippen molar-refractivity contribution in [2.45, 2.75) is 58.2 Å². The Morgan fingerprint density at radius 2 is 1.32 bits per heavy atom. The maximum absolute atomic E-state index is 4.21. The summed E-state index contributed by atoms with van der Waals surface area (Å²) >= 11 is 4.21. The van der Waals surface area contributed by atoms with Gasteiger partial charge in [0.15, 0.2) is 0 Å². The number of benzene rings is 1. The summed E-state index contributed by atoms with van der Waals surface area (Å²) in [5.74, 6) is 0.681. The molecule has 0 aromatic heterocycles. The summed E-state index contributed by atoms with van der Waals surface area (Å²) in [5, 5.41) is 4.85. The highest BCUT2D eigenvalue weighted by Gasteiger charge is 2.44. The molecule has 0 saturated carbocycles. The number of nitrogens with one attached hydrogen (secondary N) is 1. The molecule has 0 spiro atoms. The molecular formula is C16H29NSSi. The quantitative estimate of drug-likeness (QED) is 0.433. The van der Waals surface area contributed by atoms with Crippen molar-refractivity contribution in [2.75, 3.05) is 11.2 Å². The van der Waals surface area contributed by atoms with Gasteiger partial charge < -0.3 is 5.32 Å². The number of anilines is 1. The van der Waals surface area contributed by atoms with Gasteiger partial charge in [-0.05, 0) is 28.8 Å². The minimum absolute atomic E-state index is 0.681. The van der Waals surface area contributed by atoms with Gasteiger partial charge in [0.25, 0.3) is 0 Å². The van der Waals surface area contributed by atoms with Gasteiger partial charge in [0.05, 0.1) is 14.0 Å². The summed E-state index contributed by atoms with van der Waals surface area (Å²) in [6.07, 6.45) is 0. The second kappa shape index (κ2) is 6.85. The molecule has 0 aliphatic heterocycles. The summed E-state index contributed by atoms with van der Waals surface area (Å²) in [7, 11) is -1.50. The molecule has 0 unspecified atom stereocenters. The van der Waals surface area contributed by atoms with Gasteiger partial charge in [-0.3, -0.25) is 0 Å². The molecule has 3 heteroatoms. The van der Waals surface area contributed by atoms with Crippen molar-refractivity contribution in [1.82, 2.24) is 0 Å². The molecule has 0 heterocycles. The highest BCUT2D eigenvalue weighted by atomic mass is 32.1. The number of rotatable bonds is 6. The fraction of sp³-hybridized carbons (Fsp3) is 0.625. The predicted molar refractivity (Wildman–Crippen MR) is 94.6 cm³/mol. The maximum Gasteiger partial charge on any atom is 0.0942 e. The van der Waals surface area contributed by atoms with E-state index >= 15 is 0 Å². The van der Waals surface area contributed by atoms with Crippen LogP contribution >= 0.6 is 12.6 Å². The Bertz CT molecular complexity index is 362. The Morgan fingerprint density at radius 3 is 1.63 bits per heavy atom. The van der Waals surface area contributed by atoms with Gasteiger partial charge in [-0.2, -0.15) is 12.6 Å². The van der Waals surface area contributed by atoms with Crippen LogP contribution in [-0.2, 0) is 0 Å². The van der Waals surface area contributed by atoms with Crippen molar-refractivity contribution >= 4 is 31.6 Å². The average molecular weight is 296 g/mol. The molecule has 0 radical (unpaired) electrons. The van der Waals surface area contributed by atoms with E-state index in [-0.39, 0.29) is 0 Å². The van der Waals surface area contributed by atoms with Crippen LogP contribution in [0.2, 0.25) is 16.6 Å². The normalized spacial score (nSPS) is 12.5. The van der Waals surface area contributed by atoms with E-state index in [9.17, 15) is 0 Å². The monoisotopic (exact) mass is 295 g/mol. The van der Waals surface area contributed by atoms with Crippen molar-refractivity contribution in [1.29, 1.82) is 0 Å². The topological polar surface area (TPSA) is 12.0 Å². The predicted octanol–water partition coefficient (Wildman–Crippen LogP) is 4.87. The lowest BCUT2D eigenvalue weighted by Crippen LogP contribution is -2.55. The van der Waals surface area contributed by atoms with Crippen LogP contribution in [-0.4, -0.2) is 14.0 Å². The highest BCUT2D eigenvalue weighted by Crippen LogP contribution is 2.41. The van der Waals surface area contributed by atoms with Gasteiger partial charge in [0, 0.05) is 5.69 Å². The van der Waals surface area contributed by atoms with Gasteiger partial charge in [-0.1, -0.05) is 58.9 Å². The summed E-state index contributed by atoms with van der Waals surface area (Å²) in [4.78, 5) is 0. The molecule has 0 fully saturated rings. The first-order chi connectivity index (χ1) is 8.87. The summed E-state index contributed by atoms with van der Waals surface area (Å²) < 4.78 is 0. The third-order valence-electron chi connectivity index (χ3n) is 4.53. The lowest BCUT2D eigenvalue weighted by atomic mass is 10.3. The summed E-state index contributed by atoms with van der Waals surface area (Å²) in [5.41, 5.74) is 3.45. The SMILES string of the molecule is CC(C)[Si](c1ccc(NCS)cc1)(C(C)C)C(C)C. The van der Waals surface area contributed by atoms with Gasteiger partial charge >= 0.3 is 0 Å². The highest BCUT2D eigenvalue weighted by molar-refractivity contribution is 7.80. The summed E-state index contributed by atoms with van der Waals surface area (Å²) in [6, 6.07) is 9.11. The fourth-order valence-corrected chi connectivity index (χ4v) is 10.9. The van der Waals surface area contributed by atoms with Crippen LogP contribution in [0.5, 0.6) is 0 Å². The molecule has 1 aromatic rings. The first-order valence-electron chi connectivity index (χ1n) is 7.32. The van der Waals surface area contributed by atoms with E-state index in [0.29, 0.717) is 5.88 Å². The lowest BCUT2D eigenvalue weighted by Gasteiger charge is -2.43. The fourth-order valence-electron chi connectivity index (χ4n) is 3.97. The van der Waals surface area contributed by atoms with E-state index < -0.39 is 8.07 Å². The zero-order valence-electron chi connectivity index (χ0n) is 13.2. The Labute approximate surface area is 125 Å². The first-order valence-corrected chi connectivity index (χ1v) is 10.2.